The predicted octanol–water partition coefficient (Wildman–Crippen LogP) is 4.40. The van der Waals surface area contributed by atoms with E-state index < -0.39 is 0 Å². The van der Waals surface area contributed by atoms with Crippen LogP contribution >= 0.6 is 31.9 Å². The van der Waals surface area contributed by atoms with Gasteiger partial charge in [0, 0.05) is 20.7 Å². The van der Waals surface area contributed by atoms with Gasteiger partial charge in [0.1, 0.15) is 5.82 Å². The summed E-state index contributed by atoms with van der Waals surface area (Å²) in [6.45, 7) is 2.79. The standard InChI is InChI=1S/C18H15Br2N3O/c1-10-6-11-4-2-3-5-15(11)23(10)9-16-21-17-13(18(24)22-16)7-12(19)8-14(17)20/h2-5,7-8,10H,6,9H2,1H3,(H,21,22,24)/t10-/m1/s1. The molecular weight excluding hydrogens is 434 g/mol. The van der Waals surface area contributed by atoms with Gasteiger partial charge in [-0.15, -0.1) is 0 Å². The largest absolute Gasteiger partial charge is 0.361 e. The first-order valence-electron chi connectivity index (χ1n) is 7.75. The number of aromatic nitrogens is 2. The summed E-state index contributed by atoms with van der Waals surface area (Å²) in [5.41, 5.74) is 3.15. The van der Waals surface area contributed by atoms with Crippen LogP contribution in [0.15, 0.2) is 50.1 Å². The molecule has 3 aromatic rings. The van der Waals surface area contributed by atoms with Crippen LogP contribution in [-0.2, 0) is 13.0 Å². The second-order valence-electron chi connectivity index (χ2n) is 6.11. The van der Waals surface area contributed by atoms with Crippen LogP contribution in [0.4, 0.5) is 5.69 Å². The number of anilines is 1. The minimum atomic E-state index is -0.114. The number of aromatic amines is 1. The first-order valence-corrected chi connectivity index (χ1v) is 9.34. The number of fused-ring (bicyclic) bond motifs is 2. The molecule has 0 amide bonds. The maximum absolute atomic E-state index is 12.4. The monoisotopic (exact) mass is 447 g/mol. The van der Waals surface area contributed by atoms with Crippen molar-refractivity contribution in [2.45, 2.75) is 25.9 Å². The fourth-order valence-electron chi connectivity index (χ4n) is 3.32. The Balaban J connectivity index is 1.77. The van der Waals surface area contributed by atoms with Crippen molar-refractivity contribution < 1.29 is 0 Å². The van der Waals surface area contributed by atoms with E-state index in [-0.39, 0.29) is 5.56 Å². The van der Waals surface area contributed by atoms with Gasteiger partial charge in [-0.1, -0.05) is 34.1 Å². The zero-order valence-corrected chi connectivity index (χ0v) is 16.2. The molecule has 1 aliphatic heterocycles. The number of benzene rings is 2. The number of hydrogen-bond acceptors (Lipinski definition) is 3. The van der Waals surface area contributed by atoms with Crippen LogP contribution in [0.25, 0.3) is 10.9 Å². The van der Waals surface area contributed by atoms with E-state index >= 15 is 0 Å². The summed E-state index contributed by atoms with van der Waals surface area (Å²) in [7, 11) is 0. The minimum absolute atomic E-state index is 0.114. The van der Waals surface area contributed by atoms with Gasteiger partial charge in [0.25, 0.3) is 5.56 Å². The van der Waals surface area contributed by atoms with Gasteiger partial charge in [-0.2, -0.15) is 0 Å². The molecular formula is C18H15Br2N3O. The summed E-state index contributed by atoms with van der Waals surface area (Å²) in [4.78, 5) is 22.4. The zero-order chi connectivity index (χ0) is 16.8. The molecule has 0 saturated carbocycles. The Labute approximate surface area is 156 Å². The lowest BCUT2D eigenvalue weighted by Gasteiger charge is -2.24. The maximum atomic E-state index is 12.4. The lowest BCUT2D eigenvalue weighted by Crippen LogP contribution is -2.30. The van der Waals surface area contributed by atoms with Crippen LogP contribution in [0.1, 0.15) is 18.3 Å². The molecule has 1 aliphatic rings. The third-order valence-corrected chi connectivity index (χ3v) is 5.51. The predicted molar refractivity (Wildman–Crippen MR) is 104 cm³/mol. The molecule has 0 unspecified atom stereocenters. The highest BCUT2D eigenvalue weighted by Gasteiger charge is 2.26. The molecule has 0 fully saturated rings. The van der Waals surface area contributed by atoms with Crippen LogP contribution in [0.5, 0.6) is 0 Å². The highest BCUT2D eigenvalue weighted by Crippen LogP contribution is 2.33. The second-order valence-corrected chi connectivity index (χ2v) is 7.88. The van der Waals surface area contributed by atoms with E-state index in [0.29, 0.717) is 29.3 Å². The van der Waals surface area contributed by atoms with E-state index in [0.717, 1.165) is 15.4 Å². The average Bonchev–Trinajstić information content (AvgIpc) is 2.85. The number of nitrogens with zero attached hydrogens (tertiary/aromatic N) is 2. The molecule has 4 nitrogen and oxygen atoms in total. The number of H-pyrrole nitrogens is 1. The molecule has 0 radical (unpaired) electrons. The molecule has 1 atom stereocenters. The first kappa shape index (κ1) is 15.8. The van der Waals surface area contributed by atoms with Crippen molar-refractivity contribution in [3.8, 4) is 0 Å². The Bertz CT molecular complexity index is 999. The van der Waals surface area contributed by atoms with E-state index in [1.807, 2.05) is 6.07 Å². The van der Waals surface area contributed by atoms with E-state index in [9.17, 15) is 4.79 Å². The third-order valence-electron chi connectivity index (χ3n) is 4.45. The fraction of sp³-hybridized carbons (Fsp3) is 0.222. The van der Waals surface area contributed by atoms with Gasteiger partial charge in [-0.25, -0.2) is 4.98 Å². The lowest BCUT2D eigenvalue weighted by molar-refractivity contribution is 0.655. The van der Waals surface area contributed by atoms with Crippen LogP contribution in [-0.4, -0.2) is 16.0 Å². The molecule has 122 valence electrons. The number of hydrogen-bond donors (Lipinski definition) is 1. The Morgan fingerprint density at radius 3 is 2.92 bits per heavy atom. The SMILES string of the molecule is C[C@@H]1Cc2ccccc2N1Cc1nc2c(Br)cc(Br)cc2c(=O)[nH]1. The molecule has 1 aromatic heterocycles. The van der Waals surface area contributed by atoms with Crippen molar-refractivity contribution in [2.75, 3.05) is 4.90 Å². The van der Waals surface area contributed by atoms with Gasteiger partial charge in [0.2, 0.25) is 0 Å². The van der Waals surface area contributed by atoms with E-state index in [2.05, 4.69) is 77.9 Å². The lowest BCUT2D eigenvalue weighted by atomic mass is 10.1. The summed E-state index contributed by atoms with van der Waals surface area (Å²) in [6, 6.07) is 12.5. The van der Waals surface area contributed by atoms with Gasteiger partial charge >= 0.3 is 0 Å². The van der Waals surface area contributed by atoms with E-state index in [4.69, 9.17) is 0 Å². The Morgan fingerprint density at radius 1 is 1.29 bits per heavy atom. The van der Waals surface area contributed by atoms with E-state index in [1.165, 1.54) is 11.3 Å². The minimum Gasteiger partial charge on any atom is -0.361 e. The van der Waals surface area contributed by atoms with Crippen molar-refractivity contribution >= 4 is 48.5 Å². The zero-order valence-electron chi connectivity index (χ0n) is 13.0. The number of para-hydroxylation sites is 1. The summed E-state index contributed by atoms with van der Waals surface area (Å²) in [5.74, 6) is 0.680. The highest BCUT2D eigenvalue weighted by atomic mass is 79.9. The Kier molecular flexibility index (Phi) is 3.96. The smallest absolute Gasteiger partial charge is 0.258 e. The van der Waals surface area contributed by atoms with Crippen molar-refractivity contribution in [3.63, 3.8) is 0 Å². The molecule has 6 heteroatoms. The molecule has 24 heavy (non-hydrogen) atoms. The van der Waals surface area contributed by atoms with Crippen molar-refractivity contribution in [1.82, 2.24) is 9.97 Å². The summed E-state index contributed by atoms with van der Waals surface area (Å²) >= 11 is 6.92. The molecule has 2 heterocycles. The molecule has 4 rings (SSSR count). The van der Waals surface area contributed by atoms with Crippen molar-refractivity contribution in [3.05, 3.63) is 67.1 Å². The Hall–Kier alpha value is -1.66. The molecule has 1 N–H and O–H groups in total. The second kappa shape index (κ2) is 6.01. The molecule has 0 bridgehead atoms. The van der Waals surface area contributed by atoms with Gasteiger partial charge in [0.05, 0.1) is 17.4 Å². The number of halogens is 2. The fourth-order valence-corrected chi connectivity index (χ4v) is 4.63. The molecule has 0 aliphatic carbocycles. The quantitative estimate of drug-likeness (QED) is 0.632. The summed E-state index contributed by atoms with van der Waals surface area (Å²) in [6.07, 6.45) is 1.02. The van der Waals surface area contributed by atoms with Crippen LogP contribution in [0, 0.1) is 0 Å². The summed E-state index contributed by atoms with van der Waals surface area (Å²) < 4.78 is 1.66. The highest BCUT2D eigenvalue weighted by molar-refractivity contribution is 9.11. The molecule has 0 saturated heterocycles. The van der Waals surface area contributed by atoms with E-state index in [1.54, 1.807) is 6.07 Å². The maximum Gasteiger partial charge on any atom is 0.258 e. The number of rotatable bonds is 2. The number of nitrogens with one attached hydrogen (secondary N) is 1. The van der Waals surface area contributed by atoms with Crippen molar-refractivity contribution in [1.29, 1.82) is 0 Å². The van der Waals surface area contributed by atoms with Gasteiger partial charge < -0.3 is 9.88 Å². The third kappa shape index (κ3) is 2.67. The Morgan fingerprint density at radius 2 is 2.08 bits per heavy atom. The van der Waals surface area contributed by atoms with Crippen LogP contribution in [0.2, 0.25) is 0 Å². The topological polar surface area (TPSA) is 49.0 Å². The van der Waals surface area contributed by atoms with Crippen LogP contribution in [0.3, 0.4) is 0 Å². The molecule has 0 spiro atoms. The van der Waals surface area contributed by atoms with Crippen molar-refractivity contribution in [2.24, 2.45) is 0 Å². The first-order chi connectivity index (χ1) is 11.5. The van der Waals surface area contributed by atoms with Gasteiger partial charge in [0.15, 0.2) is 0 Å². The van der Waals surface area contributed by atoms with Crippen LogP contribution < -0.4 is 10.5 Å². The van der Waals surface area contributed by atoms with Gasteiger partial charge in [-0.3, -0.25) is 4.79 Å². The average molecular weight is 449 g/mol. The molecule has 2 aromatic carbocycles. The summed E-state index contributed by atoms with van der Waals surface area (Å²) in [5, 5.41) is 0.579. The van der Waals surface area contributed by atoms with Gasteiger partial charge in [-0.05, 0) is 53.0 Å². The normalized spacial score (nSPS) is 16.6.